The third-order valence-corrected chi connectivity index (χ3v) is 4.00. The molecule has 0 aliphatic heterocycles. The molecule has 16 heteroatoms. The van der Waals surface area contributed by atoms with E-state index in [1.807, 2.05) is 10.6 Å². The number of primary amides is 2. The number of carbonyl (C=O) groups is 7. The summed E-state index contributed by atoms with van der Waals surface area (Å²) in [7, 11) is 0. The van der Waals surface area contributed by atoms with Crippen LogP contribution in [0.15, 0.2) is 0 Å². The third kappa shape index (κ3) is 10.8. The molecule has 174 valence electrons. The summed E-state index contributed by atoms with van der Waals surface area (Å²) in [6.45, 7) is 0. The minimum Gasteiger partial charge on any atom is -0.481 e. The second kappa shape index (κ2) is 13.0. The van der Waals surface area contributed by atoms with Crippen LogP contribution in [0.1, 0.15) is 19.3 Å². The Morgan fingerprint density at radius 2 is 1.10 bits per heavy atom. The van der Waals surface area contributed by atoms with Gasteiger partial charge in [-0.3, -0.25) is 28.8 Å². The summed E-state index contributed by atoms with van der Waals surface area (Å²) in [6.07, 6.45) is -2.50. The molecule has 0 aliphatic rings. The molecule has 11 N–H and O–H groups in total. The number of carboxylic acids is 2. The smallest absolute Gasteiger partial charge is 0.326 e. The second-order valence-electron chi connectivity index (χ2n) is 6.25. The molecule has 0 spiro atoms. The Bertz CT molecular complexity index is 746. The van der Waals surface area contributed by atoms with Crippen molar-refractivity contribution in [2.24, 2.45) is 17.2 Å². The fourth-order valence-corrected chi connectivity index (χ4v) is 2.27. The van der Waals surface area contributed by atoms with Gasteiger partial charge in [0, 0.05) is 5.75 Å². The average molecular weight is 464 g/mol. The van der Waals surface area contributed by atoms with Crippen LogP contribution in [0, 0.1) is 0 Å². The molecule has 0 saturated carbocycles. The Labute approximate surface area is 180 Å². The Hall–Kier alpha value is -3.40. The van der Waals surface area contributed by atoms with E-state index in [1.165, 1.54) is 0 Å². The third-order valence-electron chi connectivity index (χ3n) is 3.60. The monoisotopic (exact) mass is 464 g/mol. The maximum absolute atomic E-state index is 12.5. The predicted molar refractivity (Wildman–Crippen MR) is 105 cm³/mol. The molecule has 0 aromatic rings. The zero-order valence-electron chi connectivity index (χ0n) is 16.1. The largest absolute Gasteiger partial charge is 0.481 e. The minimum absolute atomic E-state index is 0.1000. The van der Waals surface area contributed by atoms with Gasteiger partial charge < -0.3 is 43.4 Å². The van der Waals surface area contributed by atoms with Crippen molar-refractivity contribution >= 4 is 54.1 Å². The number of aliphatic carboxylic acids is 2. The van der Waals surface area contributed by atoms with Crippen molar-refractivity contribution < 1.29 is 43.8 Å². The number of hydrogen-bond acceptors (Lipinski definition) is 9. The van der Waals surface area contributed by atoms with Crippen LogP contribution in [-0.2, 0) is 33.6 Å². The molecule has 0 bridgehead atoms. The number of thiol groups is 1. The molecular formula is C15H24N6O9S. The van der Waals surface area contributed by atoms with Crippen molar-refractivity contribution in [1.82, 2.24) is 16.0 Å². The molecule has 0 fully saturated rings. The quantitative estimate of drug-likeness (QED) is 0.110. The van der Waals surface area contributed by atoms with Crippen LogP contribution in [0.4, 0.5) is 0 Å². The van der Waals surface area contributed by atoms with Crippen molar-refractivity contribution in [3.63, 3.8) is 0 Å². The van der Waals surface area contributed by atoms with E-state index in [-0.39, 0.29) is 5.75 Å². The number of nitrogens with one attached hydrogen (secondary N) is 3. The highest BCUT2D eigenvalue weighted by molar-refractivity contribution is 7.80. The van der Waals surface area contributed by atoms with Crippen LogP contribution in [0.25, 0.3) is 0 Å². The van der Waals surface area contributed by atoms with Gasteiger partial charge in [0.25, 0.3) is 0 Å². The van der Waals surface area contributed by atoms with Crippen molar-refractivity contribution in [3.05, 3.63) is 0 Å². The van der Waals surface area contributed by atoms with Crippen LogP contribution in [0.5, 0.6) is 0 Å². The summed E-state index contributed by atoms with van der Waals surface area (Å²) >= 11 is 3.81. The Morgan fingerprint density at radius 1 is 0.710 bits per heavy atom. The zero-order valence-corrected chi connectivity index (χ0v) is 17.0. The number of rotatable bonds is 14. The van der Waals surface area contributed by atoms with Gasteiger partial charge >= 0.3 is 11.9 Å². The van der Waals surface area contributed by atoms with E-state index in [1.54, 1.807) is 0 Å². The summed E-state index contributed by atoms with van der Waals surface area (Å²) in [4.78, 5) is 81.0. The first-order chi connectivity index (χ1) is 14.3. The lowest BCUT2D eigenvalue weighted by molar-refractivity contribution is -0.145. The van der Waals surface area contributed by atoms with Crippen LogP contribution in [-0.4, -0.2) is 81.6 Å². The normalized spacial score (nSPS) is 14.3. The minimum atomic E-state index is -1.83. The van der Waals surface area contributed by atoms with Gasteiger partial charge in [0.15, 0.2) is 0 Å². The zero-order chi connectivity index (χ0) is 24.3. The summed E-state index contributed by atoms with van der Waals surface area (Å²) < 4.78 is 0. The number of carbonyl (C=O) groups excluding carboxylic acids is 5. The van der Waals surface area contributed by atoms with E-state index in [0.717, 1.165) is 0 Å². The lowest BCUT2D eigenvalue weighted by Gasteiger charge is -2.23. The van der Waals surface area contributed by atoms with Crippen molar-refractivity contribution in [2.45, 2.75) is 43.4 Å². The molecule has 5 amide bonds. The van der Waals surface area contributed by atoms with E-state index in [0.29, 0.717) is 0 Å². The van der Waals surface area contributed by atoms with Crippen LogP contribution < -0.4 is 33.2 Å². The lowest BCUT2D eigenvalue weighted by atomic mass is 10.1. The number of hydrogen-bond donors (Lipinski definition) is 9. The van der Waals surface area contributed by atoms with Crippen molar-refractivity contribution in [1.29, 1.82) is 0 Å². The molecule has 0 saturated heterocycles. The van der Waals surface area contributed by atoms with Gasteiger partial charge in [0.2, 0.25) is 29.5 Å². The molecule has 0 aromatic carbocycles. The Balaban J connectivity index is 5.53. The predicted octanol–water partition coefficient (Wildman–Crippen LogP) is -4.99. The van der Waals surface area contributed by atoms with Gasteiger partial charge in [-0.1, -0.05) is 0 Å². The standard InChI is InChI=1S/C15H24N6O9S/c16-5(4-31)12(26)19-6(1-9(17)22)13(27)20-7(3-11(24)25)14(28)21-8(15(29)30)2-10(18)23/h5-8,31H,1-4,16H2,(H2,17,22)(H2,18,23)(H,19,26)(H,20,27)(H,21,28)(H,24,25)(H,29,30). The van der Waals surface area contributed by atoms with Gasteiger partial charge in [-0.05, 0) is 0 Å². The molecule has 0 aromatic heterocycles. The van der Waals surface area contributed by atoms with E-state index < -0.39 is 84.9 Å². The molecule has 0 radical (unpaired) electrons. The number of carboxylic acid groups (broad SMARTS) is 2. The highest BCUT2D eigenvalue weighted by Crippen LogP contribution is 2.01. The second-order valence-corrected chi connectivity index (χ2v) is 6.61. The summed E-state index contributed by atoms with van der Waals surface area (Å²) in [5.74, 6) is -8.65. The highest BCUT2D eigenvalue weighted by Gasteiger charge is 2.32. The number of nitrogens with two attached hydrogens (primary N) is 3. The fourth-order valence-electron chi connectivity index (χ4n) is 2.10. The topological polar surface area (TPSA) is 274 Å². The average Bonchev–Trinajstić information content (AvgIpc) is 2.64. The van der Waals surface area contributed by atoms with Crippen LogP contribution >= 0.6 is 12.6 Å². The Morgan fingerprint density at radius 3 is 1.48 bits per heavy atom. The van der Waals surface area contributed by atoms with Gasteiger partial charge in [0.1, 0.15) is 18.1 Å². The molecule has 4 atom stereocenters. The molecule has 4 unspecified atom stereocenters. The first kappa shape index (κ1) is 27.6. The summed E-state index contributed by atoms with van der Waals surface area (Å²) in [5, 5.41) is 24.0. The summed E-state index contributed by atoms with van der Waals surface area (Å²) in [6, 6.07) is -6.37. The SMILES string of the molecule is NC(=O)CC(NC(=O)C(CC(=O)O)NC(=O)C(CC(N)=O)NC(=O)C(N)CS)C(=O)O. The van der Waals surface area contributed by atoms with Gasteiger partial charge in [0.05, 0.1) is 25.3 Å². The van der Waals surface area contributed by atoms with E-state index in [2.05, 4.69) is 17.9 Å². The van der Waals surface area contributed by atoms with Crippen molar-refractivity contribution in [3.8, 4) is 0 Å². The van der Waals surface area contributed by atoms with Gasteiger partial charge in [-0.25, -0.2) is 4.79 Å². The van der Waals surface area contributed by atoms with Crippen LogP contribution in [0.3, 0.4) is 0 Å². The maximum atomic E-state index is 12.5. The molecule has 31 heavy (non-hydrogen) atoms. The summed E-state index contributed by atoms with van der Waals surface area (Å²) in [5.41, 5.74) is 15.4. The van der Waals surface area contributed by atoms with Gasteiger partial charge in [-0.15, -0.1) is 0 Å². The van der Waals surface area contributed by atoms with Crippen LogP contribution in [0.2, 0.25) is 0 Å². The van der Waals surface area contributed by atoms with Gasteiger partial charge in [-0.2, -0.15) is 12.6 Å². The molecular weight excluding hydrogens is 440 g/mol. The van der Waals surface area contributed by atoms with E-state index in [9.17, 15) is 33.6 Å². The molecule has 0 heterocycles. The maximum Gasteiger partial charge on any atom is 0.326 e. The number of amides is 5. The fraction of sp³-hybridized carbons (Fsp3) is 0.533. The Kier molecular flexibility index (Phi) is 11.6. The molecule has 0 rings (SSSR count). The van der Waals surface area contributed by atoms with E-state index in [4.69, 9.17) is 27.4 Å². The lowest BCUT2D eigenvalue weighted by Crippen LogP contribution is -2.58. The highest BCUT2D eigenvalue weighted by atomic mass is 32.1. The van der Waals surface area contributed by atoms with E-state index >= 15 is 0 Å². The molecule has 0 aliphatic carbocycles. The van der Waals surface area contributed by atoms with Crippen molar-refractivity contribution in [2.75, 3.05) is 5.75 Å². The first-order valence-corrected chi connectivity index (χ1v) is 9.20. The molecule has 15 nitrogen and oxygen atoms in total. The first-order valence-electron chi connectivity index (χ1n) is 8.57.